The maximum absolute atomic E-state index is 12.2. The molecule has 4 nitrogen and oxygen atoms in total. The fourth-order valence-corrected chi connectivity index (χ4v) is 4.02. The summed E-state index contributed by atoms with van der Waals surface area (Å²) >= 11 is 0. The molecule has 0 spiro atoms. The van der Waals surface area contributed by atoms with Gasteiger partial charge in [-0.25, -0.2) is 13.1 Å². The summed E-state index contributed by atoms with van der Waals surface area (Å²) in [5.41, 5.74) is 0.618. The predicted molar refractivity (Wildman–Crippen MR) is 80.6 cm³/mol. The van der Waals surface area contributed by atoms with Gasteiger partial charge in [0.25, 0.3) is 0 Å². The SMILES string of the molecule is O=C(c1ccc(S(=O)(=O)NCC2CCCC2)cc1)C1CC1. The van der Waals surface area contributed by atoms with Crippen LogP contribution in [0.25, 0.3) is 0 Å². The van der Waals surface area contributed by atoms with Crippen molar-refractivity contribution >= 4 is 15.8 Å². The van der Waals surface area contributed by atoms with Crippen LogP contribution in [0.3, 0.4) is 0 Å². The van der Waals surface area contributed by atoms with Gasteiger partial charge in [-0.1, -0.05) is 25.0 Å². The lowest BCUT2D eigenvalue weighted by atomic mass is 10.1. The molecule has 0 unspecified atom stereocenters. The van der Waals surface area contributed by atoms with Crippen LogP contribution < -0.4 is 4.72 Å². The van der Waals surface area contributed by atoms with E-state index in [4.69, 9.17) is 0 Å². The molecule has 3 rings (SSSR count). The molecule has 0 saturated heterocycles. The van der Waals surface area contributed by atoms with E-state index in [9.17, 15) is 13.2 Å². The van der Waals surface area contributed by atoms with Crippen molar-refractivity contribution in [2.45, 2.75) is 43.4 Å². The van der Waals surface area contributed by atoms with Crippen LogP contribution in [0, 0.1) is 11.8 Å². The second kappa shape index (κ2) is 5.89. The van der Waals surface area contributed by atoms with Crippen molar-refractivity contribution in [3.63, 3.8) is 0 Å². The lowest BCUT2D eigenvalue weighted by Crippen LogP contribution is -2.28. The number of carbonyl (C=O) groups is 1. The zero-order valence-corrected chi connectivity index (χ0v) is 12.9. The van der Waals surface area contributed by atoms with Crippen molar-refractivity contribution in [3.8, 4) is 0 Å². The number of rotatable bonds is 6. The minimum Gasteiger partial charge on any atom is -0.294 e. The third kappa shape index (κ3) is 3.52. The Morgan fingerprint density at radius 1 is 1.05 bits per heavy atom. The van der Waals surface area contributed by atoms with E-state index in [0.29, 0.717) is 18.0 Å². The molecule has 2 saturated carbocycles. The molecule has 0 aromatic heterocycles. The van der Waals surface area contributed by atoms with Gasteiger partial charge in [-0.3, -0.25) is 4.79 Å². The highest BCUT2D eigenvalue weighted by Crippen LogP contribution is 2.32. The van der Waals surface area contributed by atoms with Gasteiger partial charge >= 0.3 is 0 Å². The molecule has 5 heteroatoms. The van der Waals surface area contributed by atoms with Gasteiger partial charge < -0.3 is 0 Å². The number of hydrogen-bond donors (Lipinski definition) is 1. The van der Waals surface area contributed by atoms with Gasteiger partial charge in [-0.15, -0.1) is 0 Å². The number of benzene rings is 1. The Morgan fingerprint density at radius 3 is 2.24 bits per heavy atom. The van der Waals surface area contributed by atoms with Gasteiger partial charge in [0, 0.05) is 18.0 Å². The largest absolute Gasteiger partial charge is 0.294 e. The summed E-state index contributed by atoms with van der Waals surface area (Å²) in [5.74, 6) is 0.765. The molecule has 0 aliphatic heterocycles. The molecule has 2 fully saturated rings. The van der Waals surface area contributed by atoms with Crippen LogP contribution in [0.1, 0.15) is 48.9 Å². The minimum atomic E-state index is -3.46. The van der Waals surface area contributed by atoms with Crippen LogP contribution in [0.2, 0.25) is 0 Å². The maximum atomic E-state index is 12.2. The fraction of sp³-hybridized carbons (Fsp3) is 0.562. The molecule has 0 heterocycles. The predicted octanol–water partition coefficient (Wildman–Crippen LogP) is 2.75. The fourth-order valence-electron chi connectivity index (χ4n) is 2.90. The average Bonchev–Trinajstić information content (AvgIpc) is 3.21. The molecule has 2 aliphatic rings. The maximum Gasteiger partial charge on any atom is 0.240 e. The van der Waals surface area contributed by atoms with E-state index in [1.54, 1.807) is 12.1 Å². The van der Waals surface area contributed by atoms with Crippen LogP contribution in [0.5, 0.6) is 0 Å². The van der Waals surface area contributed by atoms with Crippen molar-refractivity contribution in [2.24, 2.45) is 11.8 Å². The van der Waals surface area contributed by atoms with Gasteiger partial charge in [0.1, 0.15) is 0 Å². The van der Waals surface area contributed by atoms with Crippen molar-refractivity contribution in [1.82, 2.24) is 4.72 Å². The van der Waals surface area contributed by atoms with E-state index in [1.165, 1.54) is 25.0 Å². The number of ketones is 1. The summed E-state index contributed by atoms with van der Waals surface area (Å²) in [4.78, 5) is 12.1. The molecule has 1 N–H and O–H groups in total. The summed E-state index contributed by atoms with van der Waals surface area (Å²) in [6, 6.07) is 6.33. The topological polar surface area (TPSA) is 63.2 Å². The van der Waals surface area contributed by atoms with Crippen LogP contribution >= 0.6 is 0 Å². The van der Waals surface area contributed by atoms with E-state index >= 15 is 0 Å². The van der Waals surface area contributed by atoms with Gasteiger partial charge in [0.05, 0.1) is 4.90 Å². The first-order valence-electron chi connectivity index (χ1n) is 7.70. The van der Waals surface area contributed by atoms with Crippen molar-refractivity contribution < 1.29 is 13.2 Å². The first-order chi connectivity index (χ1) is 10.1. The number of hydrogen-bond acceptors (Lipinski definition) is 3. The Balaban J connectivity index is 1.65. The second-order valence-electron chi connectivity index (χ2n) is 6.17. The Hall–Kier alpha value is -1.20. The third-order valence-electron chi connectivity index (χ3n) is 4.43. The molecule has 0 atom stereocenters. The summed E-state index contributed by atoms with van der Waals surface area (Å²) in [6.45, 7) is 0.519. The molecule has 0 amide bonds. The molecule has 0 radical (unpaired) electrons. The third-order valence-corrected chi connectivity index (χ3v) is 5.87. The highest BCUT2D eigenvalue weighted by Gasteiger charge is 2.30. The van der Waals surface area contributed by atoms with Crippen molar-refractivity contribution in [3.05, 3.63) is 29.8 Å². The minimum absolute atomic E-state index is 0.137. The van der Waals surface area contributed by atoms with E-state index in [1.807, 2.05) is 0 Å². The van der Waals surface area contributed by atoms with Crippen molar-refractivity contribution in [2.75, 3.05) is 6.54 Å². The standard InChI is InChI=1S/C16H21NO3S/c18-16(13-5-6-13)14-7-9-15(10-8-14)21(19,20)17-11-12-3-1-2-4-12/h7-10,12-13,17H,1-6,11H2. The number of nitrogens with one attached hydrogen (secondary N) is 1. The Morgan fingerprint density at radius 2 is 1.67 bits per heavy atom. The first kappa shape index (κ1) is 14.7. The highest BCUT2D eigenvalue weighted by atomic mass is 32.2. The molecular weight excluding hydrogens is 286 g/mol. The molecule has 114 valence electrons. The summed E-state index contributed by atoms with van der Waals surface area (Å²) in [5, 5.41) is 0. The van der Waals surface area contributed by atoms with Crippen LogP contribution in [-0.4, -0.2) is 20.7 Å². The smallest absolute Gasteiger partial charge is 0.240 e. The Kier molecular flexibility index (Phi) is 4.13. The van der Waals surface area contributed by atoms with Gasteiger partial charge in [0.15, 0.2) is 5.78 Å². The Bertz CT molecular complexity index is 611. The quantitative estimate of drug-likeness (QED) is 0.822. The highest BCUT2D eigenvalue weighted by molar-refractivity contribution is 7.89. The summed E-state index contributed by atoms with van der Waals surface area (Å²) in [6.07, 6.45) is 6.53. The van der Waals surface area contributed by atoms with E-state index < -0.39 is 10.0 Å². The number of sulfonamides is 1. The van der Waals surface area contributed by atoms with Gasteiger partial charge in [-0.2, -0.15) is 0 Å². The normalized spacial score (nSPS) is 19.8. The molecule has 2 aliphatic carbocycles. The summed E-state index contributed by atoms with van der Waals surface area (Å²) < 4.78 is 27.1. The van der Waals surface area contributed by atoms with Crippen LogP contribution in [0.15, 0.2) is 29.2 Å². The Labute approximate surface area is 126 Å². The molecule has 1 aromatic rings. The van der Waals surface area contributed by atoms with E-state index in [0.717, 1.165) is 25.7 Å². The molecule has 1 aromatic carbocycles. The average molecular weight is 307 g/mol. The summed E-state index contributed by atoms with van der Waals surface area (Å²) in [7, 11) is -3.46. The van der Waals surface area contributed by atoms with Crippen LogP contribution in [0.4, 0.5) is 0 Å². The molecule has 21 heavy (non-hydrogen) atoms. The van der Waals surface area contributed by atoms with Crippen molar-refractivity contribution in [1.29, 1.82) is 0 Å². The molecule has 0 bridgehead atoms. The van der Waals surface area contributed by atoms with E-state index in [2.05, 4.69) is 4.72 Å². The van der Waals surface area contributed by atoms with Gasteiger partial charge in [0.2, 0.25) is 10.0 Å². The zero-order valence-electron chi connectivity index (χ0n) is 12.0. The first-order valence-corrected chi connectivity index (χ1v) is 9.18. The second-order valence-corrected chi connectivity index (χ2v) is 7.93. The zero-order chi connectivity index (χ0) is 14.9. The lowest BCUT2D eigenvalue weighted by molar-refractivity contribution is 0.0967. The monoisotopic (exact) mass is 307 g/mol. The lowest BCUT2D eigenvalue weighted by Gasteiger charge is -2.11. The van der Waals surface area contributed by atoms with Crippen LogP contribution in [-0.2, 0) is 10.0 Å². The number of carbonyl (C=O) groups excluding carboxylic acids is 1. The molecular formula is C16H21NO3S. The van der Waals surface area contributed by atoms with Gasteiger partial charge in [-0.05, 0) is 43.7 Å². The van der Waals surface area contributed by atoms with E-state index in [-0.39, 0.29) is 16.6 Å². The number of Topliss-reactive ketones (excluding diaryl/α,β-unsaturated/α-hetero) is 1.